The molecule has 0 fully saturated rings. The number of nitrogens with zero attached hydrogens (tertiary/aromatic N) is 1. The highest BCUT2D eigenvalue weighted by Gasteiger charge is 2.52. The molecule has 8 heteroatoms. The number of amides is 1. The summed E-state index contributed by atoms with van der Waals surface area (Å²) in [6.45, 7) is -0.420. The molecule has 0 saturated heterocycles. The molecule has 1 unspecified atom stereocenters. The molecule has 31 heavy (non-hydrogen) atoms. The number of anilines is 2. The molecule has 0 aliphatic carbocycles. The van der Waals surface area contributed by atoms with E-state index in [1.807, 2.05) is 6.07 Å². The highest BCUT2D eigenvalue weighted by Crippen LogP contribution is 2.46. The van der Waals surface area contributed by atoms with Gasteiger partial charge in [-0.1, -0.05) is 59.1 Å². The minimum atomic E-state index is -1.35. The predicted octanol–water partition coefficient (Wildman–Crippen LogP) is 5.63. The van der Waals surface area contributed by atoms with Gasteiger partial charge in [-0.15, -0.1) is 0 Å². The van der Waals surface area contributed by atoms with E-state index in [1.54, 1.807) is 65.6 Å². The van der Waals surface area contributed by atoms with Gasteiger partial charge in [0.05, 0.1) is 0 Å². The lowest BCUT2D eigenvalue weighted by molar-refractivity contribution is -0.135. The Labute approximate surface area is 194 Å². The summed E-state index contributed by atoms with van der Waals surface area (Å²) in [5, 5.41) is 14.0. The van der Waals surface area contributed by atoms with Crippen LogP contribution in [-0.4, -0.2) is 23.5 Å². The van der Waals surface area contributed by atoms with Crippen molar-refractivity contribution in [3.8, 4) is 0 Å². The number of aliphatic carboxylic acids is 1. The van der Waals surface area contributed by atoms with E-state index in [0.717, 1.165) is 5.56 Å². The van der Waals surface area contributed by atoms with E-state index in [4.69, 9.17) is 34.8 Å². The second-order valence-corrected chi connectivity index (χ2v) is 8.58. The highest BCUT2D eigenvalue weighted by molar-refractivity contribution is 6.31. The van der Waals surface area contributed by atoms with Crippen molar-refractivity contribution in [2.75, 3.05) is 16.8 Å². The number of hydrogen-bond donors (Lipinski definition) is 2. The van der Waals surface area contributed by atoms with Crippen LogP contribution < -0.4 is 10.2 Å². The molecule has 0 aromatic heterocycles. The smallest absolute Gasteiger partial charge is 0.323 e. The molecule has 158 valence electrons. The molecule has 4 rings (SSSR count). The quantitative estimate of drug-likeness (QED) is 0.485. The lowest BCUT2D eigenvalue weighted by Crippen LogP contribution is -2.54. The standard InChI is InChI=1S/C23H17Cl3N2O3/c24-15-4-1-3-14(9-15)12-23(19-8-7-17(26)11-20(19)27-22(23)31)28(13-21(29)30)18-6-2-5-16(25)10-18/h1-11H,12-13H2,(H,27,31)(H,29,30). The van der Waals surface area contributed by atoms with Gasteiger partial charge in [0, 0.05) is 38.4 Å². The third-order valence-corrected chi connectivity index (χ3v) is 5.98. The summed E-state index contributed by atoms with van der Waals surface area (Å²) in [5.41, 5.74) is 1.10. The van der Waals surface area contributed by atoms with Crippen LogP contribution in [-0.2, 0) is 21.5 Å². The maximum absolute atomic E-state index is 13.6. The summed E-state index contributed by atoms with van der Waals surface area (Å²) in [6, 6.07) is 19.0. The minimum Gasteiger partial charge on any atom is -0.480 e. The molecule has 3 aromatic rings. The first-order chi connectivity index (χ1) is 14.8. The second-order valence-electron chi connectivity index (χ2n) is 7.27. The van der Waals surface area contributed by atoms with Gasteiger partial charge in [0.15, 0.2) is 5.54 Å². The molecule has 0 bridgehead atoms. The van der Waals surface area contributed by atoms with Crippen molar-refractivity contribution in [2.45, 2.75) is 12.0 Å². The summed E-state index contributed by atoms with van der Waals surface area (Å²) < 4.78 is 0. The van der Waals surface area contributed by atoms with Gasteiger partial charge < -0.3 is 15.3 Å². The topological polar surface area (TPSA) is 69.6 Å². The Bertz CT molecular complexity index is 1180. The average molecular weight is 476 g/mol. The molecular weight excluding hydrogens is 459 g/mol. The molecule has 0 radical (unpaired) electrons. The number of nitrogens with one attached hydrogen (secondary N) is 1. The third-order valence-electron chi connectivity index (χ3n) is 5.27. The van der Waals surface area contributed by atoms with Crippen LogP contribution in [0.4, 0.5) is 11.4 Å². The first-order valence-electron chi connectivity index (χ1n) is 9.40. The number of carbonyl (C=O) groups is 2. The summed E-state index contributed by atoms with van der Waals surface area (Å²) in [7, 11) is 0. The van der Waals surface area contributed by atoms with Gasteiger partial charge in [0.25, 0.3) is 5.91 Å². The number of carboxylic acids is 1. The zero-order valence-electron chi connectivity index (χ0n) is 16.1. The van der Waals surface area contributed by atoms with Crippen LogP contribution in [0.2, 0.25) is 15.1 Å². The van der Waals surface area contributed by atoms with Crippen LogP contribution in [0, 0.1) is 0 Å². The molecular formula is C23H17Cl3N2O3. The number of fused-ring (bicyclic) bond motifs is 1. The van der Waals surface area contributed by atoms with E-state index in [2.05, 4.69) is 5.32 Å². The Balaban J connectivity index is 1.97. The fourth-order valence-electron chi connectivity index (χ4n) is 4.04. The fraction of sp³-hybridized carbons (Fsp3) is 0.130. The van der Waals surface area contributed by atoms with Crippen molar-refractivity contribution in [2.24, 2.45) is 0 Å². The largest absolute Gasteiger partial charge is 0.480 e. The third kappa shape index (κ3) is 4.09. The summed E-state index contributed by atoms with van der Waals surface area (Å²) in [5.74, 6) is -1.44. The van der Waals surface area contributed by atoms with Crippen molar-refractivity contribution in [3.63, 3.8) is 0 Å². The van der Waals surface area contributed by atoms with Gasteiger partial charge in [-0.05, 0) is 48.0 Å². The maximum Gasteiger partial charge on any atom is 0.323 e. The Morgan fingerprint density at radius 3 is 2.29 bits per heavy atom. The van der Waals surface area contributed by atoms with Crippen LogP contribution in [0.1, 0.15) is 11.1 Å². The number of halogens is 3. The Morgan fingerprint density at radius 2 is 1.61 bits per heavy atom. The molecule has 5 nitrogen and oxygen atoms in total. The van der Waals surface area contributed by atoms with E-state index in [1.165, 1.54) is 0 Å². The minimum absolute atomic E-state index is 0.188. The van der Waals surface area contributed by atoms with Gasteiger partial charge >= 0.3 is 5.97 Å². The molecule has 0 spiro atoms. The summed E-state index contributed by atoms with van der Waals surface area (Å²) >= 11 is 18.6. The molecule has 0 saturated carbocycles. The maximum atomic E-state index is 13.6. The fourth-order valence-corrected chi connectivity index (χ4v) is 4.61. The van der Waals surface area contributed by atoms with Crippen molar-refractivity contribution >= 4 is 58.1 Å². The Kier molecular flexibility index (Phi) is 5.84. The summed E-state index contributed by atoms with van der Waals surface area (Å²) in [4.78, 5) is 27.0. The van der Waals surface area contributed by atoms with Gasteiger partial charge in [-0.2, -0.15) is 0 Å². The lowest BCUT2D eigenvalue weighted by Gasteiger charge is -2.41. The van der Waals surface area contributed by atoms with Crippen molar-refractivity contribution in [1.82, 2.24) is 0 Å². The second kappa shape index (κ2) is 8.42. The van der Waals surface area contributed by atoms with E-state index in [0.29, 0.717) is 32.0 Å². The van der Waals surface area contributed by atoms with Crippen LogP contribution in [0.3, 0.4) is 0 Å². The van der Waals surface area contributed by atoms with Gasteiger partial charge in [0.2, 0.25) is 0 Å². The normalized spacial score (nSPS) is 17.2. The molecule has 2 N–H and O–H groups in total. The van der Waals surface area contributed by atoms with Crippen LogP contribution >= 0.6 is 34.8 Å². The highest BCUT2D eigenvalue weighted by atomic mass is 35.5. The van der Waals surface area contributed by atoms with E-state index >= 15 is 0 Å². The first-order valence-corrected chi connectivity index (χ1v) is 10.5. The average Bonchev–Trinajstić information content (AvgIpc) is 2.97. The van der Waals surface area contributed by atoms with E-state index in [9.17, 15) is 14.7 Å². The predicted molar refractivity (Wildman–Crippen MR) is 123 cm³/mol. The zero-order valence-corrected chi connectivity index (χ0v) is 18.4. The molecule has 1 amide bonds. The zero-order chi connectivity index (χ0) is 22.2. The number of hydrogen-bond acceptors (Lipinski definition) is 3. The van der Waals surface area contributed by atoms with Crippen molar-refractivity contribution in [1.29, 1.82) is 0 Å². The van der Waals surface area contributed by atoms with Gasteiger partial charge in [-0.3, -0.25) is 9.59 Å². The van der Waals surface area contributed by atoms with Crippen molar-refractivity contribution in [3.05, 3.63) is 92.9 Å². The lowest BCUT2D eigenvalue weighted by atomic mass is 9.82. The SMILES string of the molecule is O=C(O)CN(c1cccc(Cl)c1)C1(Cc2cccc(Cl)c2)C(=O)Nc2cc(Cl)ccc21. The number of benzene rings is 3. The molecule has 1 heterocycles. The van der Waals surface area contributed by atoms with Crippen LogP contribution in [0.25, 0.3) is 0 Å². The van der Waals surface area contributed by atoms with Gasteiger partial charge in [-0.25, -0.2) is 0 Å². The summed E-state index contributed by atoms with van der Waals surface area (Å²) in [6.07, 6.45) is 0.188. The van der Waals surface area contributed by atoms with Crippen LogP contribution in [0.15, 0.2) is 66.7 Å². The Morgan fingerprint density at radius 1 is 0.935 bits per heavy atom. The Hall–Kier alpha value is -2.73. The molecule has 1 aliphatic heterocycles. The molecule has 1 atom stereocenters. The van der Waals surface area contributed by atoms with Gasteiger partial charge in [0.1, 0.15) is 6.54 Å². The van der Waals surface area contributed by atoms with Crippen LogP contribution in [0.5, 0.6) is 0 Å². The molecule has 1 aliphatic rings. The van der Waals surface area contributed by atoms with E-state index < -0.39 is 18.1 Å². The monoisotopic (exact) mass is 474 g/mol. The van der Waals surface area contributed by atoms with E-state index in [-0.39, 0.29) is 12.3 Å². The number of carbonyl (C=O) groups excluding carboxylic acids is 1. The number of rotatable bonds is 6. The van der Waals surface area contributed by atoms with Crippen molar-refractivity contribution < 1.29 is 14.7 Å². The first kappa shape index (κ1) is 21.5. The molecule has 3 aromatic carbocycles. The number of carboxylic acid groups (broad SMARTS) is 1.